The summed E-state index contributed by atoms with van der Waals surface area (Å²) in [5, 5.41) is 14.8. The van der Waals surface area contributed by atoms with Gasteiger partial charge in [0.1, 0.15) is 15.0 Å². The fraction of sp³-hybridized carbons (Fsp3) is 0.273. The van der Waals surface area contributed by atoms with Crippen molar-refractivity contribution in [2.45, 2.75) is 52.4 Å². The second-order valence-corrected chi connectivity index (χ2v) is 14.9. The van der Waals surface area contributed by atoms with Gasteiger partial charge in [0.2, 0.25) is 0 Å². The molecule has 4 heterocycles. The smallest absolute Gasteiger partial charge is 0.135 e. The van der Waals surface area contributed by atoms with Crippen LogP contribution in [0.15, 0.2) is 60.9 Å². The minimum Gasteiger partial charge on any atom is -0.376 e. The highest BCUT2D eigenvalue weighted by molar-refractivity contribution is 7.27. The number of hydrogen-bond donors (Lipinski definition) is 1. The van der Waals surface area contributed by atoms with Gasteiger partial charge in [0.25, 0.3) is 0 Å². The number of nitrogens with zero attached hydrogens (tertiary/aromatic N) is 2. The van der Waals surface area contributed by atoms with Gasteiger partial charge in [-0.1, -0.05) is 62.5 Å². The topological polar surface area (TPSA) is 37.8 Å². The first-order valence-corrected chi connectivity index (χ1v) is 17.4. The maximum atomic E-state index is 4.77. The summed E-state index contributed by atoms with van der Waals surface area (Å²) >= 11 is 7.23. The molecule has 202 valence electrons. The van der Waals surface area contributed by atoms with Crippen molar-refractivity contribution in [3.05, 3.63) is 65.8 Å². The number of benzene rings is 3. The molecule has 0 atom stereocenters. The van der Waals surface area contributed by atoms with E-state index in [4.69, 9.17) is 4.98 Å². The Balaban J connectivity index is 1.16. The molecule has 0 aliphatic rings. The highest BCUT2D eigenvalue weighted by atomic mass is 32.1. The summed E-state index contributed by atoms with van der Waals surface area (Å²) in [4.78, 5) is 13.1. The molecule has 4 aromatic heterocycles. The van der Waals surface area contributed by atoms with Gasteiger partial charge in [-0.3, -0.25) is 0 Å². The van der Waals surface area contributed by atoms with Gasteiger partial charge in [-0.15, -0.1) is 34.0 Å². The molecule has 7 aromatic rings. The predicted molar refractivity (Wildman–Crippen MR) is 181 cm³/mol. The molecule has 0 unspecified atom stereocenters. The Labute approximate surface area is 250 Å². The third-order valence-corrected chi connectivity index (χ3v) is 11.9. The maximum absolute atomic E-state index is 4.77. The first-order chi connectivity index (χ1) is 19.6. The molecule has 3 nitrogen and oxygen atoms in total. The number of fused-ring (bicyclic) bond motifs is 5. The summed E-state index contributed by atoms with van der Waals surface area (Å²) in [6.45, 7) is 5.42. The van der Waals surface area contributed by atoms with E-state index >= 15 is 0 Å². The molecular weight excluding hydrogens is 567 g/mol. The molecule has 0 radical (unpaired) electrons. The number of hydrogen-bond acceptors (Lipinski definition) is 7. The second-order valence-electron chi connectivity index (χ2n) is 10.5. The first kappa shape index (κ1) is 26.1. The zero-order chi connectivity index (χ0) is 27.1. The number of thiazole rings is 2. The van der Waals surface area contributed by atoms with Crippen molar-refractivity contribution in [2.24, 2.45) is 0 Å². The van der Waals surface area contributed by atoms with Crippen LogP contribution in [0.5, 0.6) is 0 Å². The van der Waals surface area contributed by atoms with Crippen LogP contribution in [-0.4, -0.2) is 16.5 Å². The second kappa shape index (κ2) is 11.2. The molecule has 0 aliphatic heterocycles. The Hall–Kier alpha value is -2.84. The summed E-state index contributed by atoms with van der Waals surface area (Å²) in [5.74, 6) is 0. The van der Waals surface area contributed by atoms with E-state index in [0.717, 1.165) is 16.6 Å². The van der Waals surface area contributed by atoms with Crippen LogP contribution in [-0.2, 0) is 0 Å². The van der Waals surface area contributed by atoms with E-state index in [2.05, 4.69) is 72.7 Å². The molecule has 0 saturated carbocycles. The molecule has 0 saturated heterocycles. The number of rotatable bonds is 10. The van der Waals surface area contributed by atoms with E-state index in [9.17, 15) is 0 Å². The van der Waals surface area contributed by atoms with Crippen LogP contribution in [0.1, 0.15) is 50.3 Å². The van der Waals surface area contributed by atoms with Gasteiger partial charge in [-0.25, -0.2) is 9.97 Å². The molecule has 0 aliphatic carbocycles. The summed E-state index contributed by atoms with van der Waals surface area (Å²) in [7, 11) is 0. The standard InChI is InChI=1S/C33H31N3S4/c1-3-4-5-6-7-8-11-34-31-19-36-33(40-31)30-15-24-13-22-10-9-21-12-23-14-29(32-35-18-20(2)37-32)38-27(23)16-25(21)26(22)17-28(24)39-30/h9-10,12-19,34H,3-8,11H2,1-2H3. The highest BCUT2D eigenvalue weighted by Gasteiger charge is 2.13. The number of nitrogens with one attached hydrogen (secondary N) is 1. The van der Waals surface area contributed by atoms with Crippen molar-refractivity contribution in [2.75, 3.05) is 11.9 Å². The summed E-state index contributed by atoms with van der Waals surface area (Å²) in [6, 6.07) is 18.6. The van der Waals surface area contributed by atoms with Gasteiger partial charge in [-0.05, 0) is 82.1 Å². The monoisotopic (exact) mass is 597 g/mol. The SMILES string of the molecule is CCCCCCCCNc1cnc(-c2cc3cc4ccc5cc6cc(-c7ncc(C)s7)sc6cc5c4cc3s2)s1. The zero-order valence-corrected chi connectivity index (χ0v) is 26.0. The zero-order valence-electron chi connectivity index (χ0n) is 22.8. The van der Waals surface area contributed by atoms with Gasteiger partial charge < -0.3 is 5.32 Å². The molecule has 7 rings (SSSR count). The number of aryl methyl sites for hydroxylation is 1. The van der Waals surface area contributed by atoms with Gasteiger partial charge >= 0.3 is 0 Å². The van der Waals surface area contributed by atoms with Crippen molar-refractivity contribution in [3.63, 3.8) is 0 Å². The molecule has 0 bridgehead atoms. The first-order valence-electron chi connectivity index (χ1n) is 14.1. The van der Waals surface area contributed by atoms with Crippen LogP contribution in [0.3, 0.4) is 0 Å². The van der Waals surface area contributed by atoms with Crippen LogP contribution < -0.4 is 5.32 Å². The van der Waals surface area contributed by atoms with Gasteiger partial charge in [0.05, 0.1) is 16.0 Å². The number of anilines is 1. The third-order valence-electron chi connectivity index (χ3n) is 7.49. The lowest BCUT2D eigenvalue weighted by Gasteiger charge is -2.05. The fourth-order valence-corrected chi connectivity index (χ4v) is 9.28. The third kappa shape index (κ3) is 5.16. The number of thiophene rings is 2. The van der Waals surface area contributed by atoms with E-state index in [0.29, 0.717) is 0 Å². The highest BCUT2D eigenvalue weighted by Crippen LogP contribution is 2.42. The lowest BCUT2D eigenvalue weighted by atomic mass is 10.00. The van der Waals surface area contributed by atoms with Gasteiger partial charge in [0, 0.05) is 27.0 Å². The Morgan fingerprint density at radius 2 is 1.23 bits per heavy atom. The Morgan fingerprint density at radius 3 is 1.85 bits per heavy atom. The van der Waals surface area contributed by atoms with Crippen LogP contribution in [0.4, 0.5) is 5.00 Å². The van der Waals surface area contributed by atoms with E-state index in [1.807, 2.05) is 35.1 Å². The molecule has 0 fully saturated rings. The summed E-state index contributed by atoms with van der Waals surface area (Å²) in [6.07, 6.45) is 11.9. The molecular formula is C33H31N3S4. The quantitative estimate of drug-likeness (QED) is 0.126. The molecule has 7 heteroatoms. The van der Waals surface area contributed by atoms with Crippen molar-refractivity contribution in [1.29, 1.82) is 0 Å². The van der Waals surface area contributed by atoms with Crippen LogP contribution in [0, 0.1) is 6.92 Å². The predicted octanol–water partition coefficient (Wildman–Crippen LogP) is 11.8. The Bertz CT molecular complexity index is 1950. The van der Waals surface area contributed by atoms with E-state index < -0.39 is 0 Å². The Kier molecular flexibility index (Phi) is 7.31. The van der Waals surface area contributed by atoms with E-state index in [1.54, 1.807) is 22.7 Å². The maximum Gasteiger partial charge on any atom is 0.135 e. The molecule has 0 spiro atoms. The van der Waals surface area contributed by atoms with Crippen molar-refractivity contribution in [1.82, 2.24) is 9.97 Å². The van der Waals surface area contributed by atoms with Crippen LogP contribution in [0.2, 0.25) is 0 Å². The minimum atomic E-state index is 1.03. The van der Waals surface area contributed by atoms with Gasteiger partial charge in [0.15, 0.2) is 0 Å². The van der Waals surface area contributed by atoms with Crippen LogP contribution in [0.25, 0.3) is 61.5 Å². The van der Waals surface area contributed by atoms with Crippen molar-refractivity contribution in [3.8, 4) is 19.8 Å². The normalized spacial score (nSPS) is 11.9. The molecule has 40 heavy (non-hydrogen) atoms. The lowest BCUT2D eigenvalue weighted by molar-refractivity contribution is 0.617. The van der Waals surface area contributed by atoms with Gasteiger partial charge in [-0.2, -0.15) is 0 Å². The minimum absolute atomic E-state index is 1.03. The largest absolute Gasteiger partial charge is 0.376 e. The number of unbranched alkanes of at least 4 members (excludes halogenated alkanes) is 5. The van der Waals surface area contributed by atoms with E-state index in [-0.39, 0.29) is 0 Å². The molecule has 3 aromatic carbocycles. The average molecular weight is 598 g/mol. The average Bonchev–Trinajstić information content (AvgIpc) is 3.75. The Morgan fingerprint density at radius 1 is 0.625 bits per heavy atom. The van der Waals surface area contributed by atoms with Crippen LogP contribution >= 0.6 is 45.3 Å². The summed E-state index contributed by atoms with van der Waals surface area (Å²) in [5.41, 5.74) is 0. The summed E-state index contributed by atoms with van der Waals surface area (Å²) < 4.78 is 2.63. The van der Waals surface area contributed by atoms with Crippen molar-refractivity contribution < 1.29 is 0 Å². The molecule has 1 N–H and O–H groups in total. The molecule has 0 amide bonds. The fourth-order valence-electron chi connectivity index (χ4n) is 5.40. The lowest BCUT2D eigenvalue weighted by Crippen LogP contribution is -1.99. The van der Waals surface area contributed by atoms with Crippen molar-refractivity contribution >= 4 is 92.1 Å². The van der Waals surface area contributed by atoms with E-state index in [1.165, 1.54) is 99.9 Å². The number of aromatic nitrogens is 2.